The van der Waals surface area contributed by atoms with Gasteiger partial charge in [0.15, 0.2) is 6.29 Å². The van der Waals surface area contributed by atoms with Crippen LogP contribution >= 0.6 is 22.6 Å². The number of rotatable bonds is 1. The summed E-state index contributed by atoms with van der Waals surface area (Å²) in [4.78, 5) is 10.4. The van der Waals surface area contributed by atoms with E-state index in [1.807, 2.05) is 25.1 Å². The van der Waals surface area contributed by atoms with Gasteiger partial charge in [0.05, 0.1) is 0 Å². The summed E-state index contributed by atoms with van der Waals surface area (Å²) in [5, 5.41) is 0. The molecule has 2 heteroatoms. The molecule has 0 bridgehead atoms. The van der Waals surface area contributed by atoms with E-state index in [0.717, 1.165) is 21.0 Å². The Labute approximate surface area is 73.6 Å². The topological polar surface area (TPSA) is 17.1 Å². The van der Waals surface area contributed by atoms with Crippen molar-refractivity contribution in [2.24, 2.45) is 0 Å². The van der Waals surface area contributed by atoms with Crippen LogP contribution in [0.5, 0.6) is 0 Å². The van der Waals surface area contributed by atoms with E-state index in [1.165, 1.54) is 0 Å². The molecule has 0 aromatic heterocycles. The Hall–Kier alpha value is -0.380. The third-order valence-corrected chi connectivity index (χ3v) is 2.33. The lowest BCUT2D eigenvalue weighted by atomic mass is 10.1. The van der Waals surface area contributed by atoms with Gasteiger partial charge in [-0.15, -0.1) is 0 Å². The fourth-order valence-electron chi connectivity index (χ4n) is 0.794. The van der Waals surface area contributed by atoms with Crippen molar-refractivity contribution >= 4 is 28.9 Å². The van der Waals surface area contributed by atoms with Crippen molar-refractivity contribution in [1.29, 1.82) is 0 Å². The van der Waals surface area contributed by atoms with E-state index in [-0.39, 0.29) is 0 Å². The van der Waals surface area contributed by atoms with E-state index < -0.39 is 0 Å². The number of carbonyl (C=O) groups excluding carboxylic acids is 1. The first kappa shape index (κ1) is 7.72. The molecule has 0 unspecified atom stereocenters. The molecule has 1 aromatic carbocycles. The van der Waals surface area contributed by atoms with Gasteiger partial charge in [0.25, 0.3) is 0 Å². The Bertz CT molecular complexity index is 235. The summed E-state index contributed by atoms with van der Waals surface area (Å²) in [6.45, 7) is 1.94. The maximum Gasteiger partial charge on any atom is 0.151 e. The second kappa shape index (κ2) is 3.14. The van der Waals surface area contributed by atoms with Crippen LogP contribution in [0.15, 0.2) is 18.2 Å². The molecule has 0 heterocycles. The van der Waals surface area contributed by atoms with Crippen LogP contribution in [-0.4, -0.2) is 6.29 Å². The van der Waals surface area contributed by atoms with E-state index in [4.69, 9.17) is 0 Å². The highest BCUT2D eigenvalue weighted by atomic mass is 127. The minimum absolute atomic E-state index is 0.808. The summed E-state index contributed by atoms with van der Waals surface area (Å²) in [6.07, 6.45) is 0.900. The average molecular weight is 246 g/mol. The Kier molecular flexibility index (Phi) is 2.43. The largest absolute Gasteiger partial charge is 0.298 e. The first-order valence-electron chi connectivity index (χ1n) is 2.96. The number of hydrogen-bond donors (Lipinski definition) is 0. The maximum absolute atomic E-state index is 10.4. The SMILES string of the molecule is Cc1cccc(I)c1C=O. The first-order chi connectivity index (χ1) is 4.75. The van der Waals surface area contributed by atoms with Crippen molar-refractivity contribution in [2.45, 2.75) is 6.92 Å². The zero-order chi connectivity index (χ0) is 7.56. The highest BCUT2D eigenvalue weighted by Crippen LogP contribution is 2.13. The lowest BCUT2D eigenvalue weighted by Gasteiger charge is -1.98. The van der Waals surface area contributed by atoms with Crippen LogP contribution in [0.4, 0.5) is 0 Å². The molecule has 0 aliphatic carbocycles. The molecule has 1 nitrogen and oxygen atoms in total. The lowest BCUT2D eigenvalue weighted by molar-refractivity contribution is 0.112. The van der Waals surface area contributed by atoms with E-state index in [9.17, 15) is 4.79 Å². The van der Waals surface area contributed by atoms with Crippen LogP contribution in [0.2, 0.25) is 0 Å². The summed E-state index contributed by atoms with van der Waals surface area (Å²) >= 11 is 2.15. The Balaban J connectivity index is 3.30. The fraction of sp³-hybridized carbons (Fsp3) is 0.125. The number of carbonyl (C=O) groups is 1. The van der Waals surface area contributed by atoms with Gasteiger partial charge in [-0.05, 0) is 41.1 Å². The molecule has 0 fully saturated rings. The number of hydrogen-bond acceptors (Lipinski definition) is 1. The minimum atomic E-state index is 0.808. The molecule has 0 radical (unpaired) electrons. The molecule has 0 aliphatic rings. The van der Waals surface area contributed by atoms with Crippen molar-refractivity contribution < 1.29 is 4.79 Å². The van der Waals surface area contributed by atoms with E-state index >= 15 is 0 Å². The van der Waals surface area contributed by atoms with Gasteiger partial charge in [-0.25, -0.2) is 0 Å². The standard InChI is InChI=1S/C8H7IO/c1-6-3-2-4-8(9)7(6)5-10/h2-5H,1H3. The highest BCUT2D eigenvalue weighted by Gasteiger charge is 1.98. The van der Waals surface area contributed by atoms with Crippen molar-refractivity contribution in [1.82, 2.24) is 0 Å². The highest BCUT2D eigenvalue weighted by molar-refractivity contribution is 14.1. The zero-order valence-electron chi connectivity index (χ0n) is 5.60. The second-order valence-corrected chi connectivity index (χ2v) is 3.25. The Morgan fingerprint density at radius 3 is 2.60 bits per heavy atom. The van der Waals surface area contributed by atoms with Crippen LogP contribution in [0, 0.1) is 10.5 Å². The summed E-state index contributed by atoms with van der Waals surface area (Å²) in [5.74, 6) is 0. The van der Waals surface area contributed by atoms with Crippen molar-refractivity contribution in [3.05, 3.63) is 32.9 Å². The third-order valence-electron chi connectivity index (χ3n) is 1.39. The predicted molar refractivity (Wildman–Crippen MR) is 49.3 cm³/mol. The molecule has 0 N–H and O–H groups in total. The molecule has 52 valence electrons. The molecule has 10 heavy (non-hydrogen) atoms. The number of aryl methyl sites for hydroxylation is 1. The quantitative estimate of drug-likeness (QED) is 0.549. The average Bonchev–Trinajstić information content (AvgIpc) is 1.88. The molecule has 1 rings (SSSR count). The van der Waals surface area contributed by atoms with Crippen LogP contribution in [0.3, 0.4) is 0 Å². The van der Waals surface area contributed by atoms with Crippen LogP contribution in [-0.2, 0) is 0 Å². The van der Waals surface area contributed by atoms with Gasteiger partial charge < -0.3 is 0 Å². The van der Waals surface area contributed by atoms with E-state index in [2.05, 4.69) is 22.6 Å². The minimum Gasteiger partial charge on any atom is -0.298 e. The molecule has 1 aromatic rings. The fourth-order valence-corrected chi connectivity index (χ4v) is 1.55. The van der Waals surface area contributed by atoms with Crippen LogP contribution in [0.1, 0.15) is 15.9 Å². The van der Waals surface area contributed by atoms with Gasteiger partial charge in [-0.3, -0.25) is 4.79 Å². The lowest BCUT2D eigenvalue weighted by Crippen LogP contribution is -1.88. The van der Waals surface area contributed by atoms with Gasteiger partial charge >= 0.3 is 0 Å². The molecule has 0 saturated heterocycles. The normalized spacial score (nSPS) is 9.40. The van der Waals surface area contributed by atoms with Crippen molar-refractivity contribution in [3.8, 4) is 0 Å². The molecule has 0 amide bonds. The van der Waals surface area contributed by atoms with E-state index in [1.54, 1.807) is 0 Å². The summed E-state index contributed by atoms with van der Waals surface area (Å²) in [5.41, 5.74) is 1.85. The van der Waals surface area contributed by atoms with Crippen LogP contribution < -0.4 is 0 Å². The second-order valence-electron chi connectivity index (χ2n) is 2.09. The third kappa shape index (κ3) is 1.37. The summed E-state index contributed by atoms with van der Waals surface area (Å²) < 4.78 is 1.02. The monoisotopic (exact) mass is 246 g/mol. The zero-order valence-corrected chi connectivity index (χ0v) is 7.75. The summed E-state index contributed by atoms with van der Waals surface area (Å²) in [6, 6.07) is 5.81. The van der Waals surface area contributed by atoms with Gasteiger partial charge in [-0.1, -0.05) is 12.1 Å². The van der Waals surface area contributed by atoms with Crippen molar-refractivity contribution in [2.75, 3.05) is 0 Å². The molecule has 0 saturated carbocycles. The van der Waals surface area contributed by atoms with Gasteiger partial charge in [-0.2, -0.15) is 0 Å². The number of aldehydes is 1. The van der Waals surface area contributed by atoms with Gasteiger partial charge in [0.1, 0.15) is 0 Å². The molecular formula is C8H7IO. The van der Waals surface area contributed by atoms with Gasteiger partial charge in [0.2, 0.25) is 0 Å². The van der Waals surface area contributed by atoms with Gasteiger partial charge in [0, 0.05) is 9.13 Å². The van der Waals surface area contributed by atoms with Crippen molar-refractivity contribution in [3.63, 3.8) is 0 Å². The van der Waals surface area contributed by atoms with Crippen LogP contribution in [0.25, 0.3) is 0 Å². The predicted octanol–water partition coefficient (Wildman–Crippen LogP) is 2.41. The smallest absolute Gasteiger partial charge is 0.151 e. The summed E-state index contributed by atoms with van der Waals surface area (Å²) in [7, 11) is 0. The Morgan fingerprint density at radius 1 is 1.50 bits per heavy atom. The van der Waals surface area contributed by atoms with E-state index in [0.29, 0.717) is 0 Å². The Morgan fingerprint density at radius 2 is 2.20 bits per heavy atom. The molecular weight excluding hydrogens is 239 g/mol. The maximum atomic E-state index is 10.4. The molecule has 0 aliphatic heterocycles. The first-order valence-corrected chi connectivity index (χ1v) is 4.04. The molecule has 0 atom stereocenters. The number of halogens is 1. The molecule has 0 spiro atoms. The number of benzene rings is 1.